The lowest BCUT2D eigenvalue weighted by molar-refractivity contribution is -0.133. The molecule has 3 rings (SSSR count). The lowest BCUT2D eigenvalue weighted by Crippen LogP contribution is -2.36. The van der Waals surface area contributed by atoms with Gasteiger partial charge < -0.3 is 9.80 Å². The van der Waals surface area contributed by atoms with Crippen molar-refractivity contribution in [2.24, 2.45) is 0 Å². The van der Waals surface area contributed by atoms with Gasteiger partial charge in [-0.15, -0.1) is 0 Å². The summed E-state index contributed by atoms with van der Waals surface area (Å²) >= 11 is 0. The lowest BCUT2D eigenvalue weighted by Gasteiger charge is -2.24. The SMILES string of the molecule is CN(Cc1ccc(N(C)C)cc1)C(=O)C1(c2ccccc2)CC1. The average Bonchev–Trinajstić information content (AvgIpc) is 3.37. The van der Waals surface area contributed by atoms with Gasteiger partial charge in [0.2, 0.25) is 5.91 Å². The van der Waals surface area contributed by atoms with Gasteiger partial charge in [-0.1, -0.05) is 42.5 Å². The molecule has 0 spiro atoms. The van der Waals surface area contributed by atoms with E-state index in [2.05, 4.69) is 41.3 Å². The van der Waals surface area contributed by atoms with Crippen molar-refractivity contribution >= 4 is 11.6 Å². The van der Waals surface area contributed by atoms with Gasteiger partial charge >= 0.3 is 0 Å². The van der Waals surface area contributed by atoms with Crippen LogP contribution in [0.25, 0.3) is 0 Å². The van der Waals surface area contributed by atoms with Crippen LogP contribution in [0, 0.1) is 0 Å². The molecule has 120 valence electrons. The number of carbonyl (C=O) groups excluding carboxylic acids is 1. The zero-order valence-electron chi connectivity index (χ0n) is 14.1. The van der Waals surface area contributed by atoms with E-state index in [1.165, 1.54) is 5.69 Å². The Balaban J connectivity index is 1.71. The molecule has 0 N–H and O–H groups in total. The highest BCUT2D eigenvalue weighted by molar-refractivity contribution is 5.91. The molecule has 2 aromatic rings. The van der Waals surface area contributed by atoms with Crippen LogP contribution in [0.2, 0.25) is 0 Å². The van der Waals surface area contributed by atoms with E-state index in [4.69, 9.17) is 0 Å². The Bertz CT molecular complexity index is 673. The molecule has 3 nitrogen and oxygen atoms in total. The predicted molar refractivity (Wildman–Crippen MR) is 94.6 cm³/mol. The lowest BCUT2D eigenvalue weighted by atomic mass is 9.94. The summed E-state index contributed by atoms with van der Waals surface area (Å²) in [5.41, 5.74) is 3.21. The van der Waals surface area contributed by atoms with Crippen LogP contribution in [0.15, 0.2) is 54.6 Å². The number of amides is 1. The van der Waals surface area contributed by atoms with E-state index in [0.29, 0.717) is 6.54 Å². The van der Waals surface area contributed by atoms with Crippen LogP contribution in [-0.2, 0) is 16.8 Å². The van der Waals surface area contributed by atoms with E-state index in [9.17, 15) is 4.79 Å². The van der Waals surface area contributed by atoms with E-state index < -0.39 is 0 Å². The number of anilines is 1. The molecule has 0 saturated heterocycles. The van der Waals surface area contributed by atoms with Gasteiger partial charge in [-0.3, -0.25) is 4.79 Å². The van der Waals surface area contributed by atoms with Crippen LogP contribution in [-0.4, -0.2) is 32.0 Å². The van der Waals surface area contributed by atoms with E-state index in [1.54, 1.807) is 0 Å². The van der Waals surface area contributed by atoms with Gasteiger partial charge in [-0.05, 0) is 36.1 Å². The Morgan fingerprint density at radius 3 is 2.09 bits per heavy atom. The molecular weight excluding hydrogens is 284 g/mol. The maximum absolute atomic E-state index is 12.9. The number of rotatable bonds is 5. The Morgan fingerprint density at radius 1 is 0.957 bits per heavy atom. The summed E-state index contributed by atoms with van der Waals surface area (Å²) in [6, 6.07) is 18.6. The molecule has 23 heavy (non-hydrogen) atoms. The molecule has 1 aliphatic rings. The van der Waals surface area contributed by atoms with E-state index >= 15 is 0 Å². The second kappa shape index (κ2) is 6.07. The van der Waals surface area contributed by atoms with E-state index in [0.717, 1.165) is 24.0 Å². The molecular formula is C20H24N2O. The molecule has 0 aliphatic heterocycles. The predicted octanol–water partition coefficient (Wildman–Crippen LogP) is 3.44. The number of carbonyl (C=O) groups is 1. The minimum atomic E-state index is -0.278. The number of benzene rings is 2. The fourth-order valence-corrected chi connectivity index (χ4v) is 3.12. The van der Waals surface area contributed by atoms with Crippen molar-refractivity contribution in [2.45, 2.75) is 24.8 Å². The molecule has 2 aromatic carbocycles. The van der Waals surface area contributed by atoms with Crippen molar-refractivity contribution < 1.29 is 4.79 Å². The van der Waals surface area contributed by atoms with Crippen LogP contribution >= 0.6 is 0 Å². The average molecular weight is 308 g/mol. The summed E-state index contributed by atoms with van der Waals surface area (Å²) in [7, 11) is 5.97. The largest absolute Gasteiger partial charge is 0.378 e. The molecule has 0 aromatic heterocycles. The Labute approximate surface area is 138 Å². The molecule has 0 bridgehead atoms. The Hall–Kier alpha value is -2.29. The van der Waals surface area contributed by atoms with E-state index in [1.807, 2.05) is 44.2 Å². The summed E-state index contributed by atoms with van der Waals surface area (Å²) in [6.45, 7) is 0.654. The van der Waals surface area contributed by atoms with Crippen molar-refractivity contribution in [2.75, 3.05) is 26.0 Å². The normalized spacial score (nSPS) is 15.1. The highest BCUT2D eigenvalue weighted by atomic mass is 16.2. The van der Waals surface area contributed by atoms with Gasteiger partial charge in [-0.25, -0.2) is 0 Å². The zero-order valence-corrected chi connectivity index (χ0v) is 14.1. The van der Waals surface area contributed by atoms with Gasteiger partial charge in [0, 0.05) is 33.4 Å². The maximum atomic E-state index is 12.9. The molecule has 1 fully saturated rings. The standard InChI is InChI=1S/C20H24N2O/c1-21(2)18-11-9-16(10-12-18)15-22(3)19(23)20(13-14-20)17-7-5-4-6-8-17/h4-12H,13-15H2,1-3H3. The molecule has 1 aliphatic carbocycles. The highest BCUT2D eigenvalue weighted by Gasteiger charge is 2.52. The van der Waals surface area contributed by atoms with Gasteiger partial charge in [0.25, 0.3) is 0 Å². The number of nitrogens with zero attached hydrogens (tertiary/aromatic N) is 2. The van der Waals surface area contributed by atoms with Crippen LogP contribution < -0.4 is 4.90 Å². The molecule has 1 amide bonds. The summed E-state index contributed by atoms with van der Waals surface area (Å²) in [6.07, 6.45) is 1.92. The van der Waals surface area contributed by atoms with Crippen molar-refractivity contribution in [3.05, 3.63) is 65.7 Å². The summed E-state index contributed by atoms with van der Waals surface area (Å²) < 4.78 is 0. The molecule has 0 heterocycles. The van der Waals surface area contributed by atoms with Crippen LogP contribution in [0.1, 0.15) is 24.0 Å². The first-order chi connectivity index (χ1) is 11.0. The molecule has 3 heteroatoms. The second-order valence-electron chi connectivity index (χ2n) is 6.67. The van der Waals surface area contributed by atoms with Crippen molar-refractivity contribution in [3.8, 4) is 0 Å². The monoisotopic (exact) mass is 308 g/mol. The topological polar surface area (TPSA) is 23.6 Å². The van der Waals surface area contributed by atoms with Crippen molar-refractivity contribution in [3.63, 3.8) is 0 Å². The summed E-state index contributed by atoms with van der Waals surface area (Å²) in [4.78, 5) is 16.9. The highest BCUT2D eigenvalue weighted by Crippen LogP contribution is 2.49. The number of likely N-dealkylation sites (N-methyl/N-ethyl adjacent to an activating group) is 1. The molecule has 0 unspecified atom stereocenters. The minimum Gasteiger partial charge on any atom is -0.378 e. The third-order valence-electron chi connectivity index (χ3n) is 4.70. The van der Waals surface area contributed by atoms with Crippen molar-refractivity contribution in [1.82, 2.24) is 4.90 Å². The van der Waals surface area contributed by atoms with Crippen LogP contribution in [0.3, 0.4) is 0 Å². The summed E-state index contributed by atoms with van der Waals surface area (Å²) in [5, 5.41) is 0. The first-order valence-corrected chi connectivity index (χ1v) is 8.10. The van der Waals surface area contributed by atoms with Crippen LogP contribution in [0.5, 0.6) is 0 Å². The fraction of sp³-hybridized carbons (Fsp3) is 0.350. The third-order valence-corrected chi connectivity index (χ3v) is 4.70. The fourth-order valence-electron chi connectivity index (χ4n) is 3.12. The first-order valence-electron chi connectivity index (χ1n) is 8.10. The molecule has 0 radical (unpaired) electrons. The van der Waals surface area contributed by atoms with Gasteiger partial charge in [-0.2, -0.15) is 0 Å². The maximum Gasteiger partial charge on any atom is 0.233 e. The zero-order chi connectivity index (χ0) is 16.4. The Kier molecular flexibility index (Phi) is 4.12. The number of hydrogen-bond acceptors (Lipinski definition) is 2. The minimum absolute atomic E-state index is 0.236. The third kappa shape index (κ3) is 3.09. The number of hydrogen-bond donors (Lipinski definition) is 0. The Morgan fingerprint density at radius 2 is 1.57 bits per heavy atom. The molecule has 0 atom stereocenters. The smallest absolute Gasteiger partial charge is 0.233 e. The van der Waals surface area contributed by atoms with Crippen molar-refractivity contribution in [1.29, 1.82) is 0 Å². The van der Waals surface area contributed by atoms with E-state index in [-0.39, 0.29) is 11.3 Å². The summed E-state index contributed by atoms with van der Waals surface area (Å²) in [5.74, 6) is 0.236. The van der Waals surface area contributed by atoms with Gasteiger partial charge in [0.15, 0.2) is 0 Å². The quantitative estimate of drug-likeness (QED) is 0.845. The van der Waals surface area contributed by atoms with Gasteiger partial charge in [0.05, 0.1) is 5.41 Å². The second-order valence-corrected chi connectivity index (χ2v) is 6.67. The first kappa shape index (κ1) is 15.6. The van der Waals surface area contributed by atoms with Crippen LogP contribution in [0.4, 0.5) is 5.69 Å². The molecule has 1 saturated carbocycles. The van der Waals surface area contributed by atoms with Gasteiger partial charge in [0.1, 0.15) is 0 Å².